The van der Waals surface area contributed by atoms with Gasteiger partial charge in [0.1, 0.15) is 11.2 Å². The van der Waals surface area contributed by atoms with E-state index in [1.807, 2.05) is 12.1 Å². The second kappa shape index (κ2) is 15.2. The average molecular weight is 765 g/mol. The van der Waals surface area contributed by atoms with Gasteiger partial charge in [-0.2, -0.15) is 0 Å². The fraction of sp³-hybridized carbons (Fsp3) is 0.0169. The molecule has 0 spiro atoms. The lowest BCUT2D eigenvalue weighted by molar-refractivity contribution is 0.670. The lowest BCUT2D eigenvalue weighted by Gasteiger charge is -2.21. The minimum atomic E-state index is 0.0483. The van der Waals surface area contributed by atoms with Crippen LogP contribution in [0.4, 0.5) is 0 Å². The van der Waals surface area contributed by atoms with E-state index in [0.29, 0.717) is 0 Å². The molecule has 0 fully saturated rings. The molecule has 60 heavy (non-hydrogen) atoms. The number of furan rings is 1. The molecule has 0 saturated heterocycles. The highest BCUT2D eigenvalue weighted by molar-refractivity contribution is 6.09. The minimum absolute atomic E-state index is 0.0483. The highest BCUT2D eigenvalue weighted by Gasteiger charge is 2.19. The van der Waals surface area contributed by atoms with E-state index in [2.05, 4.69) is 224 Å². The quantitative estimate of drug-likeness (QED) is 0.140. The highest BCUT2D eigenvalue weighted by Crippen LogP contribution is 2.39. The topological polar surface area (TPSA) is 13.1 Å². The SMILES string of the molecule is c1ccc(-c2ccc(-c3ccc(C(c4ccc(-c5cccc(-c6cccc7c6oc6ccccc67)c5)cc4)c4ccc(-c5cccc6ccccc56)cc4)cc3)cc2)cc1. The maximum absolute atomic E-state index is 6.41. The van der Waals surface area contributed by atoms with Crippen LogP contribution in [0.15, 0.2) is 241 Å². The lowest BCUT2D eigenvalue weighted by atomic mass is 9.83. The van der Waals surface area contributed by atoms with Crippen LogP contribution in [0, 0.1) is 0 Å². The molecule has 1 aromatic heterocycles. The Bertz CT molecular complexity index is 3260. The summed E-state index contributed by atoms with van der Waals surface area (Å²) in [7, 11) is 0. The van der Waals surface area contributed by atoms with Gasteiger partial charge in [0.2, 0.25) is 0 Å². The number of hydrogen-bond acceptors (Lipinski definition) is 1. The van der Waals surface area contributed by atoms with E-state index in [-0.39, 0.29) is 5.92 Å². The van der Waals surface area contributed by atoms with Crippen molar-refractivity contribution in [3.63, 3.8) is 0 Å². The summed E-state index contributed by atoms with van der Waals surface area (Å²) in [6.45, 7) is 0. The first-order valence-corrected chi connectivity index (χ1v) is 20.7. The Hall–Kier alpha value is -7.74. The molecular weight excluding hydrogens is 725 g/mol. The van der Waals surface area contributed by atoms with Gasteiger partial charge >= 0.3 is 0 Å². The zero-order valence-corrected chi connectivity index (χ0v) is 33.0. The average Bonchev–Trinajstić information content (AvgIpc) is 3.72. The molecular formula is C59H40O. The van der Waals surface area contributed by atoms with E-state index < -0.39 is 0 Å². The molecule has 0 radical (unpaired) electrons. The van der Waals surface area contributed by atoms with Gasteiger partial charge in [0.15, 0.2) is 0 Å². The molecule has 11 aromatic rings. The van der Waals surface area contributed by atoms with Gasteiger partial charge < -0.3 is 4.42 Å². The predicted molar refractivity (Wildman–Crippen MR) is 252 cm³/mol. The fourth-order valence-electron chi connectivity index (χ4n) is 8.97. The molecule has 11 rings (SSSR count). The Balaban J connectivity index is 0.942. The Morgan fingerprint density at radius 1 is 0.267 bits per heavy atom. The van der Waals surface area contributed by atoms with Crippen LogP contribution in [0.25, 0.3) is 88.3 Å². The number of rotatable bonds is 8. The third kappa shape index (κ3) is 6.57. The largest absolute Gasteiger partial charge is 0.455 e. The third-order valence-corrected chi connectivity index (χ3v) is 12.1. The number of fused-ring (bicyclic) bond motifs is 4. The molecule has 0 saturated carbocycles. The molecule has 282 valence electrons. The molecule has 1 heteroatoms. The van der Waals surface area contributed by atoms with Gasteiger partial charge in [-0.05, 0) is 89.7 Å². The fourth-order valence-corrected chi connectivity index (χ4v) is 8.97. The molecule has 0 bridgehead atoms. The first-order chi connectivity index (χ1) is 29.7. The van der Waals surface area contributed by atoms with Crippen molar-refractivity contribution in [1.29, 1.82) is 0 Å². The third-order valence-electron chi connectivity index (χ3n) is 12.1. The molecule has 1 unspecified atom stereocenters. The van der Waals surface area contributed by atoms with Crippen LogP contribution >= 0.6 is 0 Å². The molecule has 0 amide bonds. The van der Waals surface area contributed by atoms with E-state index in [0.717, 1.165) is 33.1 Å². The summed E-state index contributed by atoms with van der Waals surface area (Å²) in [5.74, 6) is 0.0483. The van der Waals surface area contributed by atoms with E-state index in [9.17, 15) is 0 Å². The highest BCUT2D eigenvalue weighted by atomic mass is 16.3. The Labute approximate surface area is 350 Å². The van der Waals surface area contributed by atoms with Gasteiger partial charge in [0.25, 0.3) is 0 Å². The maximum atomic E-state index is 6.41. The second-order valence-corrected chi connectivity index (χ2v) is 15.6. The molecule has 0 aliphatic rings. The molecule has 0 aliphatic heterocycles. The Morgan fingerprint density at radius 2 is 0.700 bits per heavy atom. The molecule has 10 aromatic carbocycles. The smallest absolute Gasteiger partial charge is 0.143 e. The van der Waals surface area contributed by atoms with Crippen LogP contribution in [0.5, 0.6) is 0 Å². The van der Waals surface area contributed by atoms with Gasteiger partial charge in [0, 0.05) is 22.3 Å². The van der Waals surface area contributed by atoms with E-state index >= 15 is 0 Å². The Kier molecular flexibility index (Phi) is 8.98. The second-order valence-electron chi connectivity index (χ2n) is 15.6. The van der Waals surface area contributed by atoms with E-state index in [1.54, 1.807) is 0 Å². The molecule has 0 aliphatic carbocycles. The van der Waals surface area contributed by atoms with Crippen molar-refractivity contribution in [2.45, 2.75) is 5.92 Å². The van der Waals surface area contributed by atoms with Crippen LogP contribution < -0.4 is 0 Å². The van der Waals surface area contributed by atoms with Crippen molar-refractivity contribution in [1.82, 2.24) is 0 Å². The number of para-hydroxylation sites is 2. The van der Waals surface area contributed by atoms with Crippen LogP contribution in [0.1, 0.15) is 22.6 Å². The van der Waals surface area contributed by atoms with Crippen LogP contribution in [-0.4, -0.2) is 0 Å². The van der Waals surface area contributed by atoms with Crippen molar-refractivity contribution >= 4 is 32.7 Å². The monoisotopic (exact) mass is 764 g/mol. The summed E-state index contributed by atoms with van der Waals surface area (Å²) in [4.78, 5) is 0. The summed E-state index contributed by atoms with van der Waals surface area (Å²) in [6, 6.07) is 85.7. The van der Waals surface area contributed by atoms with Crippen molar-refractivity contribution in [3.8, 4) is 55.6 Å². The van der Waals surface area contributed by atoms with Crippen molar-refractivity contribution in [3.05, 3.63) is 253 Å². The van der Waals surface area contributed by atoms with Crippen LogP contribution in [0.2, 0.25) is 0 Å². The molecule has 0 N–H and O–H groups in total. The number of hydrogen-bond donors (Lipinski definition) is 0. The summed E-state index contributed by atoms with van der Waals surface area (Å²) in [5.41, 5.74) is 17.5. The first kappa shape index (κ1) is 35.4. The van der Waals surface area contributed by atoms with Gasteiger partial charge in [-0.15, -0.1) is 0 Å². The summed E-state index contributed by atoms with van der Waals surface area (Å²) in [5, 5.41) is 4.81. The summed E-state index contributed by atoms with van der Waals surface area (Å²) >= 11 is 0. The Morgan fingerprint density at radius 3 is 1.38 bits per heavy atom. The van der Waals surface area contributed by atoms with E-state index in [1.165, 1.54) is 72.0 Å². The summed E-state index contributed by atoms with van der Waals surface area (Å²) < 4.78 is 6.41. The standard InChI is InChI=1S/C59H40O/c1-2-11-40(12-3-1)41-23-25-42(26-24-41)43-27-33-47(34-28-43)58(49-37-31-46(32-38-49)53-19-9-14-45-13-4-5-17-52(45)53)48-35-29-44(30-36-48)50-15-8-16-51(39-50)54-20-10-21-56-55-18-6-7-22-57(55)60-59(54)56/h1-39,58H. The van der Waals surface area contributed by atoms with Gasteiger partial charge in [-0.3, -0.25) is 0 Å². The van der Waals surface area contributed by atoms with Crippen LogP contribution in [0.3, 0.4) is 0 Å². The van der Waals surface area contributed by atoms with Crippen molar-refractivity contribution in [2.24, 2.45) is 0 Å². The maximum Gasteiger partial charge on any atom is 0.143 e. The first-order valence-electron chi connectivity index (χ1n) is 20.7. The van der Waals surface area contributed by atoms with Gasteiger partial charge in [-0.1, -0.05) is 224 Å². The van der Waals surface area contributed by atoms with Gasteiger partial charge in [-0.25, -0.2) is 0 Å². The zero-order chi connectivity index (χ0) is 39.8. The normalized spacial score (nSPS) is 11.9. The lowest BCUT2D eigenvalue weighted by Crippen LogP contribution is -2.03. The molecule has 1 heterocycles. The minimum Gasteiger partial charge on any atom is -0.455 e. The van der Waals surface area contributed by atoms with Crippen molar-refractivity contribution < 1.29 is 4.42 Å². The predicted octanol–water partition coefficient (Wildman–Crippen LogP) is 16.3. The summed E-state index contributed by atoms with van der Waals surface area (Å²) in [6.07, 6.45) is 0. The van der Waals surface area contributed by atoms with Gasteiger partial charge in [0.05, 0.1) is 0 Å². The molecule has 1 nitrogen and oxygen atoms in total. The van der Waals surface area contributed by atoms with Crippen LogP contribution in [-0.2, 0) is 0 Å². The van der Waals surface area contributed by atoms with Crippen molar-refractivity contribution in [2.75, 3.05) is 0 Å². The zero-order valence-electron chi connectivity index (χ0n) is 33.0. The molecule has 1 atom stereocenters. The number of benzene rings is 10. The van der Waals surface area contributed by atoms with E-state index in [4.69, 9.17) is 4.42 Å².